The van der Waals surface area contributed by atoms with Crippen LogP contribution in [0.5, 0.6) is 0 Å². The Hall–Kier alpha value is -4.05. The van der Waals surface area contributed by atoms with Gasteiger partial charge in [0.1, 0.15) is 5.02 Å². The van der Waals surface area contributed by atoms with E-state index in [9.17, 15) is 9.59 Å². The fourth-order valence-corrected chi connectivity index (χ4v) is 4.56. The number of carbonyl (C=O) groups excluding carboxylic acids is 1. The Morgan fingerprint density at radius 1 is 1.06 bits per heavy atom. The van der Waals surface area contributed by atoms with Crippen LogP contribution in [0.3, 0.4) is 0 Å². The molecule has 3 heterocycles. The molecule has 2 aliphatic heterocycles. The molecule has 1 aromatic heterocycles. The van der Waals surface area contributed by atoms with Crippen molar-refractivity contribution < 1.29 is 14.7 Å². The van der Waals surface area contributed by atoms with E-state index in [2.05, 4.69) is 43.4 Å². The fraction of sp³-hybridized carbons (Fsp3) is 0.280. The number of hydrogen-bond donors (Lipinski definition) is 5. The van der Waals surface area contributed by atoms with Gasteiger partial charge >= 0.3 is 12.1 Å². The zero-order valence-electron chi connectivity index (χ0n) is 19.4. The van der Waals surface area contributed by atoms with E-state index in [1.54, 1.807) is 6.20 Å². The summed E-state index contributed by atoms with van der Waals surface area (Å²) in [7, 11) is 0. The lowest BCUT2D eigenvalue weighted by atomic mass is 10.0. The number of carbonyl (C=O) groups is 2. The minimum atomic E-state index is -0.924. The number of piperidine rings is 1. The van der Waals surface area contributed by atoms with E-state index in [0.717, 1.165) is 28.9 Å². The van der Waals surface area contributed by atoms with Crippen molar-refractivity contribution in [2.75, 3.05) is 29.0 Å². The maximum Gasteiger partial charge on any atom is 0.407 e. The number of halogens is 1. The van der Waals surface area contributed by atoms with Crippen molar-refractivity contribution in [2.24, 2.45) is 0 Å². The summed E-state index contributed by atoms with van der Waals surface area (Å²) in [6.45, 7) is 0.820. The number of aryl methyl sites for hydroxylation is 2. The van der Waals surface area contributed by atoms with E-state index in [4.69, 9.17) is 16.7 Å². The van der Waals surface area contributed by atoms with Gasteiger partial charge in [-0.25, -0.2) is 14.6 Å². The third-order valence-electron chi connectivity index (χ3n) is 6.33. The molecule has 36 heavy (non-hydrogen) atoms. The number of rotatable bonds is 2. The van der Waals surface area contributed by atoms with Crippen LogP contribution < -0.4 is 21.3 Å². The molecule has 0 unspecified atom stereocenters. The molecule has 0 radical (unpaired) electrons. The fourth-order valence-electron chi connectivity index (χ4n) is 4.42. The van der Waals surface area contributed by atoms with Crippen molar-refractivity contribution in [1.29, 1.82) is 0 Å². The van der Waals surface area contributed by atoms with Crippen LogP contribution in [0, 0.1) is 0 Å². The minimum Gasteiger partial charge on any atom is -0.465 e. The van der Waals surface area contributed by atoms with Crippen molar-refractivity contribution in [3.8, 4) is 0 Å². The Bertz CT molecular complexity index is 1290. The van der Waals surface area contributed by atoms with E-state index < -0.39 is 6.09 Å². The molecular formula is C25H26ClN7O3. The molecule has 5 N–H and O–H groups in total. The third kappa shape index (κ3) is 5.60. The Morgan fingerprint density at radius 2 is 1.86 bits per heavy atom. The highest BCUT2D eigenvalue weighted by Gasteiger charge is 2.23. The summed E-state index contributed by atoms with van der Waals surface area (Å²) >= 11 is 6.34. The topological polar surface area (TPSA) is 132 Å². The van der Waals surface area contributed by atoms with Gasteiger partial charge in [0.05, 0.1) is 6.20 Å². The van der Waals surface area contributed by atoms with Gasteiger partial charge in [-0.15, -0.1) is 0 Å². The summed E-state index contributed by atoms with van der Waals surface area (Å²) in [4.78, 5) is 34.0. The Morgan fingerprint density at radius 3 is 2.67 bits per heavy atom. The summed E-state index contributed by atoms with van der Waals surface area (Å²) in [5, 5.41) is 21.9. The SMILES string of the molecule is O=C(Nc1ccc2cc1CCc1cccc(c1)Nc1ncc(Cl)c(n1)N2)NC1CCN(C(=O)O)CC1. The number of likely N-dealkylation sites (tertiary alicyclic amines) is 1. The molecular weight excluding hydrogens is 482 g/mol. The molecule has 2 aromatic carbocycles. The molecule has 1 fully saturated rings. The molecule has 6 bridgehead atoms. The summed E-state index contributed by atoms with van der Waals surface area (Å²) < 4.78 is 0. The number of carboxylic acid groups (broad SMARTS) is 1. The lowest BCUT2D eigenvalue weighted by molar-refractivity contribution is 0.130. The molecule has 11 heteroatoms. The molecule has 1 saturated heterocycles. The monoisotopic (exact) mass is 507 g/mol. The van der Waals surface area contributed by atoms with Gasteiger partial charge < -0.3 is 31.3 Å². The zero-order chi connectivity index (χ0) is 25.1. The van der Waals surface area contributed by atoms with Gasteiger partial charge in [-0.3, -0.25) is 0 Å². The molecule has 0 spiro atoms. The maximum absolute atomic E-state index is 12.8. The van der Waals surface area contributed by atoms with Crippen molar-refractivity contribution in [3.63, 3.8) is 0 Å². The van der Waals surface area contributed by atoms with Gasteiger partial charge in [0.25, 0.3) is 0 Å². The van der Waals surface area contributed by atoms with Gasteiger partial charge in [-0.05, 0) is 67.1 Å². The van der Waals surface area contributed by atoms with Gasteiger partial charge in [0.2, 0.25) is 5.95 Å². The van der Waals surface area contributed by atoms with Gasteiger partial charge in [-0.1, -0.05) is 23.7 Å². The molecule has 10 nitrogen and oxygen atoms in total. The van der Waals surface area contributed by atoms with E-state index in [0.29, 0.717) is 54.8 Å². The number of fused-ring (bicyclic) bond motifs is 6. The first kappa shape index (κ1) is 23.7. The number of nitrogens with one attached hydrogen (secondary N) is 4. The van der Waals surface area contributed by atoms with E-state index in [1.807, 2.05) is 30.3 Å². The van der Waals surface area contributed by atoms with Gasteiger partial charge in [-0.2, -0.15) is 4.98 Å². The number of benzene rings is 2. The van der Waals surface area contributed by atoms with Crippen LogP contribution in [0.15, 0.2) is 48.7 Å². The zero-order valence-corrected chi connectivity index (χ0v) is 20.2. The lowest BCUT2D eigenvalue weighted by Gasteiger charge is -2.30. The second kappa shape index (κ2) is 10.3. The average molecular weight is 508 g/mol. The molecule has 3 amide bonds. The van der Waals surface area contributed by atoms with Crippen molar-refractivity contribution in [2.45, 2.75) is 31.7 Å². The molecule has 0 atom stereocenters. The Kier molecular flexibility index (Phi) is 6.77. The third-order valence-corrected chi connectivity index (χ3v) is 6.60. The van der Waals surface area contributed by atoms with Crippen LogP contribution >= 0.6 is 11.6 Å². The maximum atomic E-state index is 12.8. The van der Waals surface area contributed by atoms with Crippen LogP contribution in [0.1, 0.15) is 24.0 Å². The Labute approximate surface area is 213 Å². The largest absolute Gasteiger partial charge is 0.465 e. The predicted molar refractivity (Wildman–Crippen MR) is 139 cm³/mol. The van der Waals surface area contributed by atoms with E-state index in [-0.39, 0.29) is 12.1 Å². The molecule has 186 valence electrons. The lowest BCUT2D eigenvalue weighted by Crippen LogP contribution is -2.47. The second-order valence-corrected chi connectivity index (χ2v) is 9.26. The van der Waals surface area contributed by atoms with Gasteiger partial charge in [0.15, 0.2) is 5.82 Å². The second-order valence-electron chi connectivity index (χ2n) is 8.85. The first-order valence-electron chi connectivity index (χ1n) is 11.8. The highest BCUT2D eigenvalue weighted by Crippen LogP contribution is 2.29. The first-order chi connectivity index (χ1) is 17.4. The van der Waals surface area contributed by atoms with Crippen LogP contribution in [0.4, 0.5) is 38.4 Å². The van der Waals surface area contributed by atoms with Crippen molar-refractivity contribution >= 4 is 52.6 Å². The summed E-state index contributed by atoms with van der Waals surface area (Å²) in [6, 6.07) is 13.4. The summed E-state index contributed by atoms with van der Waals surface area (Å²) in [5.74, 6) is 0.907. The summed E-state index contributed by atoms with van der Waals surface area (Å²) in [6.07, 6.45) is 3.26. The highest BCUT2D eigenvalue weighted by molar-refractivity contribution is 6.32. The number of nitrogens with zero attached hydrogens (tertiary/aromatic N) is 3. The number of hydrogen-bond acceptors (Lipinski definition) is 6. The standard InChI is InChI=1S/C25H26ClN7O3/c26-20-14-27-23-29-18-3-1-2-15(12-18)4-5-16-13-19(28-22(20)32-23)6-7-21(16)31-24(34)30-17-8-10-33(11-9-17)25(35)36/h1-3,6-7,12-14,17H,4-5,8-11H2,(H,35,36)(H2,30,31,34)(H2,27,28,29,32). The number of amides is 3. The molecule has 0 saturated carbocycles. The van der Waals surface area contributed by atoms with Crippen molar-refractivity contribution in [1.82, 2.24) is 20.2 Å². The molecule has 2 aliphatic rings. The Balaban J connectivity index is 1.36. The molecule has 5 rings (SSSR count). The number of urea groups is 1. The normalized spacial score (nSPS) is 15.3. The van der Waals surface area contributed by atoms with Crippen molar-refractivity contribution in [3.05, 3.63) is 64.8 Å². The predicted octanol–water partition coefficient (Wildman–Crippen LogP) is 4.98. The van der Waals surface area contributed by atoms with E-state index in [1.165, 1.54) is 4.90 Å². The quantitative estimate of drug-likeness (QED) is 0.330. The number of aromatic nitrogens is 2. The highest BCUT2D eigenvalue weighted by atomic mass is 35.5. The van der Waals surface area contributed by atoms with Gasteiger partial charge in [0, 0.05) is 36.2 Å². The first-order valence-corrected chi connectivity index (χ1v) is 12.1. The van der Waals surface area contributed by atoms with Crippen LogP contribution in [0.2, 0.25) is 5.02 Å². The van der Waals surface area contributed by atoms with E-state index >= 15 is 0 Å². The average Bonchev–Trinajstić information content (AvgIpc) is 2.86. The smallest absolute Gasteiger partial charge is 0.407 e. The summed E-state index contributed by atoms with van der Waals surface area (Å²) in [5.41, 5.74) is 4.46. The molecule has 3 aromatic rings. The minimum absolute atomic E-state index is 0.0732. The van der Waals surface area contributed by atoms with Crippen LogP contribution in [-0.2, 0) is 12.8 Å². The molecule has 0 aliphatic carbocycles. The van der Waals surface area contributed by atoms with Crippen LogP contribution in [-0.4, -0.2) is 51.2 Å². The number of anilines is 5. The van der Waals surface area contributed by atoms with Crippen LogP contribution in [0.25, 0.3) is 0 Å².